The van der Waals surface area contributed by atoms with Crippen LogP contribution in [0.2, 0.25) is 0 Å². The molecule has 5 N–H and O–H groups in total. The van der Waals surface area contributed by atoms with E-state index in [1.54, 1.807) is 23.9 Å². The molecule has 5 nitrogen and oxygen atoms in total. The summed E-state index contributed by atoms with van der Waals surface area (Å²) in [5, 5.41) is 2.98. The van der Waals surface area contributed by atoms with Crippen LogP contribution in [-0.2, 0) is 0 Å². The molecule has 1 saturated heterocycles. The Kier molecular flexibility index (Phi) is 4.97. The lowest BCUT2D eigenvalue weighted by atomic mass is 10.2. The Bertz CT molecular complexity index is 662. The summed E-state index contributed by atoms with van der Waals surface area (Å²) in [6.45, 7) is 2.06. The zero-order valence-electron chi connectivity index (χ0n) is 12.8. The van der Waals surface area contributed by atoms with E-state index in [1.165, 1.54) is 5.56 Å². The maximum atomic E-state index is 12.4. The van der Waals surface area contributed by atoms with E-state index in [2.05, 4.69) is 47.4 Å². The second-order valence-corrected chi connectivity index (χ2v) is 6.75. The average Bonchev–Trinajstić information content (AvgIpc) is 2.91. The number of hydrogen-bond acceptors (Lipinski definition) is 5. The molecule has 0 spiro atoms. The number of aryl methyl sites for hydroxylation is 1. The Labute approximate surface area is 140 Å². The van der Waals surface area contributed by atoms with Gasteiger partial charge in [0.05, 0.1) is 17.6 Å². The third-order valence-electron chi connectivity index (χ3n) is 3.72. The molecule has 1 fully saturated rings. The van der Waals surface area contributed by atoms with Crippen LogP contribution in [0.15, 0.2) is 59.5 Å². The third-order valence-corrected chi connectivity index (χ3v) is 4.93. The number of nitrogens with one attached hydrogen (secondary N) is 3. The summed E-state index contributed by atoms with van der Waals surface area (Å²) in [6.07, 6.45) is -0.342. The fourth-order valence-electron chi connectivity index (χ4n) is 2.40. The summed E-state index contributed by atoms with van der Waals surface area (Å²) >= 11 is 1.64. The molecular formula is C17H20N4OS. The molecule has 2 aromatic carbocycles. The van der Waals surface area contributed by atoms with Gasteiger partial charge in [0.2, 0.25) is 0 Å². The van der Waals surface area contributed by atoms with Gasteiger partial charge in [-0.25, -0.2) is 10.9 Å². The van der Waals surface area contributed by atoms with Crippen LogP contribution in [0.25, 0.3) is 0 Å². The standard InChI is InChI=1S/C17H20N4OS/c1-11-7-9-13(10-8-11)23-17-14(15(18)20-21-17)19-16(22)12-5-3-2-4-6-12/h2-10,14-15,17,20-21H,18H2,1H3,(H,19,22). The SMILES string of the molecule is Cc1ccc(SC2NNC(N)C2NC(=O)c2ccccc2)cc1. The van der Waals surface area contributed by atoms with Crippen LogP contribution in [0.5, 0.6) is 0 Å². The first-order valence-corrected chi connectivity index (χ1v) is 8.37. The van der Waals surface area contributed by atoms with Gasteiger partial charge >= 0.3 is 0 Å². The zero-order valence-corrected chi connectivity index (χ0v) is 13.6. The summed E-state index contributed by atoms with van der Waals surface area (Å²) in [5.74, 6) is -0.119. The highest BCUT2D eigenvalue weighted by Gasteiger charge is 2.35. The van der Waals surface area contributed by atoms with Crippen molar-refractivity contribution in [3.05, 3.63) is 65.7 Å². The maximum absolute atomic E-state index is 12.4. The predicted molar refractivity (Wildman–Crippen MR) is 92.8 cm³/mol. The van der Waals surface area contributed by atoms with E-state index >= 15 is 0 Å². The molecule has 0 bridgehead atoms. The van der Waals surface area contributed by atoms with E-state index in [0.29, 0.717) is 5.56 Å². The van der Waals surface area contributed by atoms with Gasteiger partial charge in [-0.2, -0.15) is 0 Å². The lowest BCUT2D eigenvalue weighted by Crippen LogP contribution is -2.51. The molecule has 2 aromatic rings. The number of thioether (sulfide) groups is 1. The number of hydrazine groups is 1. The van der Waals surface area contributed by atoms with Crippen molar-refractivity contribution >= 4 is 17.7 Å². The van der Waals surface area contributed by atoms with Crippen molar-refractivity contribution in [3.8, 4) is 0 Å². The van der Waals surface area contributed by atoms with Gasteiger partial charge in [0.25, 0.3) is 5.91 Å². The molecule has 1 amide bonds. The molecule has 0 aromatic heterocycles. The van der Waals surface area contributed by atoms with E-state index in [4.69, 9.17) is 5.73 Å². The quantitative estimate of drug-likeness (QED) is 0.686. The largest absolute Gasteiger partial charge is 0.344 e. The lowest BCUT2D eigenvalue weighted by Gasteiger charge is -2.22. The van der Waals surface area contributed by atoms with Crippen LogP contribution < -0.4 is 21.9 Å². The Morgan fingerprint density at radius 3 is 2.48 bits per heavy atom. The van der Waals surface area contributed by atoms with Crippen LogP contribution in [0.3, 0.4) is 0 Å². The zero-order chi connectivity index (χ0) is 16.2. The minimum Gasteiger partial charge on any atom is -0.344 e. The van der Waals surface area contributed by atoms with E-state index < -0.39 is 0 Å². The number of carbonyl (C=O) groups is 1. The second-order valence-electron chi connectivity index (χ2n) is 5.53. The second kappa shape index (κ2) is 7.14. The Morgan fingerprint density at radius 2 is 1.78 bits per heavy atom. The van der Waals surface area contributed by atoms with Crippen molar-refractivity contribution in [2.24, 2.45) is 5.73 Å². The Morgan fingerprint density at radius 1 is 1.09 bits per heavy atom. The molecule has 3 rings (SSSR count). The van der Waals surface area contributed by atoms with Crippen molar-refractivity contribution in [3.63, 3.8) is 0 Å². The minimum atomic E-state index is -0.342. The highest BCUT2D eigenvalue weighted by atomic mass is 32.2. The predicted octanol–water partition coefficient (Wildman–Crippen LogP) is 1.60. The summed E-state index contributed by atoms with van der Waals surface area (Å²) in [5.41, 5.74) is 14.1. The van der Waals surface area contributed by atoms with Crippen molar-refractivity contribution in [2.45, 2.75) is 29.4 Å². The molecule has 3 unspecified atom stereocenters. The molecule has 3 atom stereocenters. The third kappa shape index (κ3) is 3.92. The maximum Gasteiger partial charge on any atom is 0.251 e. The van der Waals surface area contributed by atoms with Crippen LogP contribution in [0, 0.1) is 6.92 Å². The molecule has 1 heterocycles. The molecular weight excluding hydrogens is 308 g/mol. The number of nitrogens with two attached hydrogens (primary N) is 1. The van der Waals surface area contributed by atoms with Gasteiger partial charge in [0, 0.05) is 10.5 Å². The highest BCUT2D eigenvalue weighted by Crippen LogP contribution is 2.26. The van der Waals surface area contributed by atoms with Gasteiger partial charge in [0.1, 0.15) is 0 Å². The van der Waals surface area contributed by atoms with E-state index in [-0.39, 0.29) is 23.5 Å². The van der Waals surface area contributed by atoms with Gasteiger partial charge in [-0.05, 0) is 31.2 Å². The number of hydrogen-bond donors (Lipinski definition) is 4. The molecule has 1 aliphatic rings. The van der Waals surface area contributed by atoms with Crippen molar-refractivity contribution in [1.29, 1.82) is 0 Å². The van der Waals surface area contributed by atoms with Crippen molar-refractivity contribution in [2.75, 3.05) is 0 Å². The molecule has 120 valence electrons. The molecule has 1 aliphatic heterocycles. The van der Waals surface area contributed by atoms with E-state index in [9.17, 15) is 4.79 Å². The van der Waals surface area contributed by atoms with Gasteiger partial charge in [-0.1, -0.05) is 35.9 Å². The molecule has 0 aliphatic carbocycles. The summed E-state index contributed by atoms with van der Waals surface area (Å²) < 4.78 is 0. The number of carbonyl (C=O) groups excluding carboxylic acids is 1. The number of rotatable bonds is 4. The highest BCUT2D eigenvalue weighted by molar-refractivity contribution is 8.00. The summed E-state index contributed by atoms with van der Waals surface area (Å²) in [4.78, 5) is 13.5. The van der Waals surface area contributed by atoms with E-state index in [1.807, 2.05) is 18.2 Å². The van der Waals surface area contributed by atoms with Crippen molar-refractivity contribution < 1.29 is 4.79 Å². The molecule has 23 heavy (non-hydrogen) atoms. The fraction of sp³-hybridized carbons (Fsp3) is 0.235. The van der Waals surface area contributed by atoms with Crippen LogP contribution in [0.1, 0.15) is 15.9 Å². The lowest BCUT2D eigenvalue weighted by molar-refractivity contribution is 0.0934. The first-order chi connectivity index (χ1) is 11.1. The first kappa shape index (κ1) is 16.0. The Balaban J connectivity index is 1.68. The average molecular weight is 328 g/mol. The summed E-state index contributed by atoms with van der Waals surface area (Å²) in [6, 6.07) is 17.2. The first-order valence-electron chi connectivity index (χ1n) is 7.49. The number of benzene rings is 2. The smallest absolute Gasteiger partial charge is 0.251 e. The molecule has 0 saturated carbocycles. The molecule has 0 radical (unpaired) electrons. The monoisotopic (exact) mass is 328 g/mol. The van der Waals surface area contributed by atoms with Gasteiger partial charge in [0.15, 0.2) is 0 Å². The van der Waals surface area contributed by atoms with Gasteiger partial charge in [-0.3, -0.25) is 4.79 Å². The fourth-order valence-corrected chi connectivity index (χ4v) is 3.50. The molecule has 6 heteroatoms. The normalized spacial score (nSPS) is 23.7. The number of amides is 1. The van der Waals surface area contributed by atoms with Crippen molar-refractivity contribution in [1.82, 2.24) is 16.2 Å². The van der Waals surface area contributed by atoms with Crippen LogP contribution in [0.4, 0.5) is 0 Å². The Hall–Kier alpha value is -1.86. The van der Waals surface area contributed by atoms with Gasteiger partial charge < -0.3 is 11.1 Å². The van der Waals surface area contributed by atoms with Crippen LogP contribution in [-0.4, -0.2) is 23.5 Å². The van der Waals surface area contributed by atoms with Crippen LogP contribution >= 0.6 is 11.8 Å². The summed E-state index contributed by atoms with van der Waals surface area (Å²) in [7, 11) is 0. The van der Waals surface area contributed by atoms with E-state index in [0.717, 1.165) is 4.90 Å². The minimum absolute atomic E-state index is 0.0413. The van der Waals surface area contributed by atoms with Gasteiger partial charge in [-0.15, -0.1) is 11.8 Å². The topological polar surface area (TPSA) is 79.2 Å².